The van der Waals surface area contributed by atoms with Gasteiger partial charge in [-0.3, -0.25) is 4.79 Å². The van der Waals surface area contributed by atoms with Crippen LogP contribution in [-0.2, 0) is 16.1 Å². The van der Waals surface area contributed by atoms with Crippen molar-refractivity contribution in [2.24, 2.45) is 5.41 Å². The number of amides is 1. The standard InChI is InChI=1S/C18H23FN4O2.2ClH/c1-25-12-18(4-6-20-7-5-18)17(24)22-11-14-2-3-16(15(19)10-14)23-9-8-21-13-23;;/h2-3,8-10,13,20H,4-7,11-12H2,1H3,(H,22,24);2*1H. The molecule has 6 nitrogen and oxygen atoms in total. The molecule has 1 amide bonds. The maximum Gasteiger partial charge on any atom is 0.228 e. The maximum atomic E-state index is 14.3. The molecule has 0 unspecified atom stereocenters. The number of ether oxygens (including phenoxy) is 1. The molecule has 1 saturated heterocycles. The SMILES string of the molecule is COCC1(C(=O)NCc2ccc(-n3ccnc3)c(F)c2)CCNCC1.Cl.Cl. The number of rotatable bonds is 6. The van der Waals surface area contributed by atoms with Crippen LogP contribution in [0.4, 0.5) is 4.39 Å². The zero-order valence-corrected chi connectivity index (χ0v) is 16.7. The minimum absolute atomic E-state index is 0. The first-order chi connectivity index (χ1) is 12.1. The van der Waals surface area contributed by atoms with Crippen molar-refractivity contribution in [3.8, 4) is 5.69 Å². The van der Waals surface area contributed by atoms with Crippen molar-refractivity contribution in [2.45, 2.75) is 19.4 Å². The topological polar surface area (TPSA) is 68.2 Å². The predicted octanol–water partition coefficient (Wildman–Crippen LogP) is 2.49. The smallest absolute Gasteiger partial charge is 0.228 e. The molecule has 0 aliphatic carbocycles. The molecule has 0 atom stereocenters. The lowest BCUT2D eigenvalue weighted by Crippen LogP contribution is -2.49. The van der Waals surface area contributed by atoms with Crippen LogP contribution in [0.1, 0.15) is 18.4 Å². The Labute approximate surface area is 170 Å². The molecule has 0 spiro atoms. The van der Waals surface area contributed by atoms with E-state index in [1.54, 1.807) is 36.5 Å². The lowest BCUT2D eigenvalue weighted by atomic mass is 9.78. The molecule has 9 heteroatoms. The summed E-state index contributed by atoms with van der Waals surface area (Å²) >= 11 is 0. The fourth-order valence-corrected chi connectivity index (χ4v) is 3.26. The highest BCUT2D eigenvalue weighted by molar-refractivity contribution is 5.85. The van der Waals surface area contributed by atoms with Gasteiger partial charge in [0.25, 0.3) is 0 Å². The summed E-state index contributed by atoms with van der Waals surface area (Å²) in [5.74, 6) is -0.381. The minimum atomic E-state index is -0.505. The molecule has 0 radical (unpaired) electrons. The zero-order valence-electron chi connectivity index (χ0n) is 15.1. The van der Waals surface area contributed by atoms with Crippen LogP contribution in [0.15, 0.2) is 36.9 Å². The van der Waals surface area contributed by atoms with Gasteiger partial charge in [0.2, 0.25) is 5.91 Å². The normalized spacial score (nSPS) is 15.3. The number of hydrogen-bond donors (Lipinski definition) is 2. The van der Waals surface area contributed by atoms with Crippen molar-refractivity contribution in [3.05, 3.63) is 48.3 Å². The Morgan fingerprint density at radius 3 is 2.70 bits per heavy atom. The van der Waals surface area contributed by atoms with Crippen molar-refractivity contribution in [3.63, 3.8) is 0 Å². The lowest BCUT2D eigenvalue weighted by molar-refractivity contribution is -0.136. The second kappa shape index (κ2) is 10.6. The average Bonchev–Trinajstić information content (AvgIpc) is 3.15. The number of imidazole rings is 1. The fourth-order valence-electron chi connectivity index (χ4n) is 3.26. The van der Waals surface area contributed by atoms with Gasteiger partial charge < -0.3 is 19.9 Å². The van der Waals surface area contributed by atoms with Crippen molar-refractivity contribution in [1.82, 2.24) is 20.2 Å². The number of halogens is 3. The van der Waals surface area contributed by atoms with Gasteiger partial charge in [-0.05, 0) is 43.6 Å². The van der Waals surface area contributed by atoms with Gasteiger partial charge in [0.1, 0.15) is 5.82 Å². The highest BCUT2D eigenvalue weighted by atomic mass is 35.5. The van der Waals surface area contributed by atoms with Crippen molar-refractivity contribution in [1.29, 1.82) is 0 Å². The van der Waals surface area contributed by atoms with Crippen LogP contribution >= 0.6 is 24.8 Å². The molecular formula is C18H25Cl2FN4O2. The molecule has 1 aromatic carbocycles. The number of methoxy groups -OCH3 is 1. The average molecular weight is 419 g/mol. The summed E-state index contributed by atoms with van der Waals surface area (Å²) in [5, 5.41) is 6.20. The Morgan fingerprint density at radius 2 is 2.11 bits per heavy atom. The molecule has 1 aliphatic rings. The van der Waals surface area contributed by atoms with E-state index in [2.05, 4.69) is 15.6 Å². The molecule has 3 rings (SSSR count). The first-order valence-electron chi connectivity index (χ1n) is 8.39. The predicted molar refractivity (Wildman–Crippen MR) is 106 cm³/mol. The summed E-state index contributed by atoms with van der Waals surface area (Å²) in [5.41, 5.74) is 0.646. The highest BCUT2D eigenvalue weighted by Crippen LogP contribution is 2.29. The molecule has 1 aliphatic heterocycles. The molecule has 0 bridgehead atoms. The number of nitrogens with zero attached hydrogens (tertiary/aromatic N) is 2. The van der Waals surface area contributed by atoms with Crippen molar-refractivity contribution >= 4 is 30.7 Å². The Bertz CT molecular complexity index is 717. The number of carbonyl (C=O) groups excluding carboxylic acids is 1. The quantitative estimate of drug-likeness (QED) is 0.755. The molecule has 150 valence electrons. The highest BCUT2D eigenvalue weighted by Gasteiger charge is 2.39. The third kappa shape index (κ3) is 5.42. The monoisotopic (exact) mass is 418 g/mol. The molecule has 2 N–H and O–H groups in total. The lowest BCUT2D eigenvalue weighted by Gasteiger charge is -2.35. The van der Waals surface area contributed by atoms with Crippen molar-refractivity contribution < 1.29 is 13.9 Å². The van der Waals surface area contributed by atoms with E-state index in [0.717, 1.165) is 31.5 Å². The van der Waals surface area contributed by atoms with E-state index in [1.165, 1.54) is 6.07 Å². The van der Waals surface area contributed by atoms with Crippen LogP contribution in [0.25, 0.3) is 5.69 Å². The van der Waals surface area contributed by atoms with E-state index in [1.807, 2.05) is 6.07 Å². The van der Waals surface area contributed by atoms with Gasteiger partial charge >= 0.3 is 0 Å². The summed E-state index contributed by atoms with van der Waals surface area (Å²) in [6.07, 6.45) is 6.31. The van der Waals surface area contributed by atoms with Gasteiger partial charge in [-0.15, -0.1) is 24.8 Å². The van der Waals surface area contributed by atoms with E-state index in [9.17, 15) is 9.18 Å². The second-order valence-electron chi connectivity index (χ2n) is 6.40. The van der Waals surface area contributed by atoms with E-state index < -0.39 is 5.41 Å². The van der Waals surface area contributed by atoms with E-state index in [4.69, 9.17) is 4.74 Å². The number of hydrogen-bond acceptors (Lipinski definition) is 4. The van der Waals surface area contributed by atoms with Gasteiger partial charge in [0.15, 0.2) is 0 Å². The van der Waals surface area contributed by atoms with Gasteiger partial charge in [-0.2, -0.15) is 0 Å². The van der Waals surface area contributed by atoms with E-state index in [0.29, 0.717) is 18.8 Å². The van der Waals surface area contributed by atoms with Crippen LogP contribution < -0.4 is 10.6 Å². The summed E-state index contributed by atoms with van der Waals surface area (Å²) in [6.45, 7) is 2.28. The van der Waals surface area contributed by atoms with Crippen LogP contribution in [0, 0.1) is 11.2 Å². The number of piperidine rings is 1. The Balaban J connectivity index is 0.00000182. The van der Waals surface area contributed by atoms with Crippen LogP contribution in [0.3, 0.4) is 0 Å². The van der Waals surface area contributed by atoms with Gasteiger partial charge in [0.05, 0.1) is 24.0 Å². The molecular weight excluding hydrogens is 394 g/mol. The minimum Gasteiger partial charge on any atom is -0.384 e. The number of nitrogens with one attached hydrogen (secondary N) is 2. The summed E-state index contributed by atoms with van der Waals surface area (Å²) in [7, 11) is 1.61. The van der Waals surface area contributed by atoms with Gasteiger partial charge in [-0.25, -0.2) is 9.37 Å². The number of aromatic nitrogens is 2. The van der Waals surface area contributed by atoms with E-state index in [-0.39, 0.29) is 36.5 Å². The summed E-state index contributed by atoms with van der Waals surface area (Å²) in [4.78, 5) is 16.6. The number of benzene rings is 1. The fraction of sp³-hybridized carbons (Fsp3) is 0.444. The molecule has 2 heterocycles. The first-order valence-corrected chi connectivity index (χ1v) is 8.39. The first kappa shape index (κ1) is 23.4. The third-order valence-electron chi connectivity index (χ3n) is 4.71. The van der Waals surface area contributed by atoms with Gasteiger partial charge in [0, 0.05) is 26.0 Å². The summed E-state index contributed by atoms with van der Waals surface area (Å²) in [6, 6.07) is 4.94. The maximum absolute atomic E-state index is 14.3. The Morgan fingerprint density at radius 1 is 1.37 bits per heavy atom. The van der Waals surface area contributed by atoms with Gasteiger partial charge in [-0.1, -0.05) is 6.07 Å². The molecule has 27 heavy (non-hydrogen) atoms. The second-order valence-corrected chi connectivity index (χ2v) is 6.40. The largest absolute Gasteiger partial charge is 0.384 e. The molecule has 1 fully saturated rings. The van der Waals surface area contributed by atoms with Crippen LogP contribution in [0.2, 0.25) is 0 Å². The van der Waals surface area contributed by atoms with E-state index >= 15 is 0 Å². The molecule has 1 aromatic heterocycles. The van der Waals surface area contributed by atoms with Crippen molar-refractivity contribution in [2.75, 3.05) is 26.8 Å². The molecule has 0 saturated carbocycles. The van der Waals surface area contributed by atoms with Crippen LogP contribution in [-0.4, -0.2) is 42.3 Å². The zero-order chi connectivity index (χ0) is 17.7. The third-order valence-corrected chi connectivity index (χ3v) is 4.71. The Hall–Kier alpha value is -1.67. The summed E-state index contributed by atoms with van der Waals surface area (Å²) < 4.78 is 21.2. The molecule has 2 aromatic rings. The Kier molecular flexibility index (Phi) is 9.18. The van der Waals surface area contributed by atoms with Crippen LogP contribution in [0.5, 0.6) is 0 Å². The number of carbonyl (C=O) groups is 1.